The van der Waals surface area contributed by atoms with Crippen LogP contribution in [0.1, 0.15) is 17.5 Å². The van der Waals surface area contributed by atoms with Gasteiger partial charge in [0, 0.05) is 5.69 Å². The van der Waals surface area contributed by atoms with Gasteiger partial charge < -0.3 is 10.4 Å². The second kappa shape index (κ2) is 6.51. The van der Waals surface area contributed by atoms with Crippen LogP contribution in [-0.2, 0) is 19.4 Å². The lowest BCUT2D eigenvalue weighted by Crippen LogP contribution is -2.25. The van der Waals surface area contributed by atoms with Gasteiger partial charge in [0.25, 0.3) is 0 Å². The number of rotatable bonds is 6. The standard InChI is InChI=1S/C13H17NO5S/c1-9-3-4-11(10(2)7-9)14-12(15)8-20(18,19)6-5-13(16)17/h3-4,7H,5-6,8H2,1-2H3,(H,14,15)(H,16,17). The van der Waals surface area contributed by atoms with Gasteiger partial charge in [-0.15, -0.1) is 0 Å². The number of carbonyl (C=O) groups excluding carboxylic acids is 1. The smallest absolute Gasteiger partial charge is 0.304 e. The van der Waals surface area contributed by atoms with E-state index in [1.165, 1.54) is 0 Å². The summed E-state index contributed by atoms with van der Waals surface area (Å²) in [5, 5.41) is 11.0. The van der Waals surface area contributed by atoms with Crippen molar-refractivity contribution < 1.29 is 23.1 Å². The van der Waals surface area contributed by atoms with Gasteiger partial charge in [-0.2, -0.15) is 0 Å². The molecule has 0 spiro atoms. The molecular formula is C13H17NO5S. The lowest BCUT2D eigenvalue weighted by atomic mass is 10.1. The third-order valence-electron chi connectivity index (χ3n) is 2.63. The highest BCUT2D eigenvalue weighted by atomic mass is 32.2. The van der Waals surface area contributed by atoms with E-state index in [-0.39, 0.29) is 0 Å². The van der Waals surface area contributed by atoms with Crippen molar-refractivity contribution in [2.45, 2.75) is 20.3 Å². The molecule has 0 fully saturated rings. The maximum atomic E-state index is 11.7. The summed E-state index contributed by atoms with van der Waals surface area (Å²) in [5.74, 6) is -3.12. The van der Waals surface area contributed by atoms with Gasteiger partial charge in [-0.05, 0) is 25.5 Å². The van der Waals surface area contributed by atoms with E-state index < -0.39 is 39.6 Å². The third kappa shape index (κ3) is 5.40. The monoisotopic (exact) mass is 299 g/mol. The number of carbonyl (C=O) groups is 2. The van der Waals surface area contributed by atoms with Crippen molar-refractivity contribution in [3.05, 3.63) is 29.3 Å². The highest BCUT2D eigenvalue weighted by Gasteiger charge is 2.18. The van der Waals surface area contributed by atoms with Gasteiger partial charge >= 0.3 is 5.97 Å². The first kappa shape index (κ1) is 16.2. The SMILES string of the molecule is Cc1ccc(NC(=O)CS(=O)(=O)CCC(=O)O)c(C)c1. The molecule has 0 aliphatic carbocycles. The minimum absolute atomic E-state index is 0.501. The molecule has 6 nitrogen and oxygen atoms in total. The van der Waals surface area contributed by atoms with E-state index >= 15 is 0 Å². The first-order valence-corrected chi connectivity index (χ1v) is 7.81. The molecule has 1 aromatic rings. The molecule has 20 heavy (non-hydrogen) atoms. The number of hydrogen-bond donors (Lipinski definition) is 2. The highest BCUT2D eigenvalue weighted by Crippen LogP contribution is 2.16. The fourth-order valence-electron chi connectivity index (χ4n) is 1.65. The van der Waals surface area contributed by atoms with Crippen molar-refractivity contribution >= 4 is 27.4 Å². The molecule has 1 rings (SSSR count). The normalized spacial score (nSPS) is 11.1. The van der Waals surface area contributed by atoms with E-state index in [1.54, 1.807) is 6.07 Å². The van der Waals surface area contributed by atoms with Crippen molar-refractivity contribution in [2.75, 3.05) is 16.8 Å². The Balaban J connectivity index is 2.65. The van der Waals surface area contributed by atoms with E-state index in [0.29, 0.717) is 5.69 Å². The van der Waals surface area contributed by atoms with Crippen LogP contribution < -0.4 is 5.32 Å². The Morgan fingerprint density at radius 1 is 1.25 bits per heavy atom. The average molecular weight is 299 g/mol. The summed E-state index contributed by atoms with van der Waals surface area (Å²) in [6.45, 7) is 3.72. The number of sulfone groups is 1. The Morgan fingerprint density at radius 2 is 1.90 bits per heavy atom. The fraction of sp³-hybridized carbons (Fsp3) is 0.385. The molecule has 110 valence electrons. The predicted molar refractivity (Wildman–Crippen MR) is 75.5 cm³/mol. The number of carboxylic acids is 1. The Bertz CT molecular complexity index is 622. The van der Waals surface area contributed by atoms with Crippen LogP contribution in [0.2, 0.25) is 0 Å². The molecule has 0 atom stereocenters. The highest BCUT2D eigenvalue weighted by molar-refractivity contribution is 7.92. The van der Waals surface area contributed by atoms with Gasteiger partial charge in [0.05, 0.1) is 12.2 Å². The third-order valence-corrected chi connectivity index (χ3v) is 4.16. The van der Waals surface area contributed by atoms with E-state index in [1.807, 2.05) is 26.0 Å². The molecular weight excluding hydrogens is 282 g/mol. The number of carboxylic acid groups (broad SMARTS) is 1. The maximum Gasteiger partial charge on any atom is 0.304 e. The lowest BCUT2D eigenvalue weighted by Gasteiger charge is -2.09. The van der Waals surface area contributed by atoms with Crippen LogP contribution in [0.3, 0.4) is 0 Å². The molecule has 0 aliphatic heterocycles. The van der Waals surface area contributed by atoms with Crippen molar-refractivity contribution in [3.8, 4) is 0 Å². The minimum Gasteiger partial charge on any atom is -0.481 e. The molecule has 0 aliphatic rings. The fourth-order valence-corrected chi connectivity index (χ4v) is 2.76. The molecule has 1 amide bonds. The van der Waals surface area contributed by atoms with Gasteiger partial charge in [-0.25, -0.2) is 8.42 Å². The average Bonchev–Trinajstić information content (AvgIpc) is 2.30. The van der Waals surface area contributed by atoms with Gasteiger partial charge in [-0.3, -0.25) is 9.59 Å². The predicted octanol–water partition coefficient (Wildman–Crippen LogP) is 1.13. The van der Waals surface area contributed by atoms with Crippen LogP contribution in [0.15, 0.2) is 18.2 Å². The number of amides is 1. The first-order valence-electron chi connectivity index (χ1n) is 5.99. The van der Waals surface area contributed by atoms with E-state index in [2.05, 4.69) is 5.32 Å². The summed E-state index contributed by atoms with van der Waals surface area (Å²) in [7, 11) is -3.71. The summed E-state index contributed by atoms with van der Waals surface area (Å²) in [4.78, 5) is 22.0. The van der Waals surface area contributed by atoms with Gasteiger partial charge in [0.2, 0.25) is 5.91 Å². The van der Waals surface area contributed by atoms with Crippen molar-refractivity contribution in [3.63, 3.8) is 0 Å². The van der Waals surface area contributed by atoms with Crippen LogP contribution >= 0.6 is 0 Å². The minimum atomic E-state index is -3.71. The zero-order valence-corrected chi connectivity index (χ0v) is 12.2. The zero-order chi connectivity index (χ0) is 15.3. The number of aliphatic carboxylic acids is 1. The van der Waals surface area contributed by atoms with Gasteiger partial charge in [-0.1, -0.05) is 17.7 Å². The molecule has 0 unspecified atom stereocenters. The number of anilines is 1. The topological polar surface area (TPSA) is 101 Å². The van der Waals surface area contributed by atoms with Gasteiger partial charge in [0.15, 0.2) is 9.84 Å². The zero-order valence-electron chi connectivity index (χ0n) is 11.3. The van der Waals surface area contributed by atoms with Gasteiger partial charge in [0.1, 0.15) is 5.75 Å². The van der Waals surface area contributed by atoms with Crippen LogP contribution in [-0.4, -0.2) is 36.9 Å². The summed E-state index contributed by atoms with van der Waals surface area (Å²) < 4.78 is 23.1. The number of benzene rings is 1. The summed E-state index contributed by atoms with van der Waals surface area (Å²) in [6, 6.07) is 5.38. The molecule has 0 heterocycles. The summed E-state index contributed by atoms with van der Waals surface area (Å²) in [6.07, 6.45) is -0.501. The van der Waals surface area contributed by atoms with Crippen molar-refractivity contribution in [2.24, 2.45) is 0 Å². The largest absolute Gasteiger partial charge is 0.481 e. The maximum absolute atomic E-state index is 11.7. The van der Waals surface area contributed by atoms with Crippen LogP contribution in [0.4, 0.5) is 5.69 Å². The molecule has 0 saturated carbocycles. The number of nitrogens with one attached hydrogen (secondary N) is 1. The lowest BCUT2D eigenvalue weighted by molar-refractivity contribution is -0.136. The molecule has 7 heteroatoms. The summed E-state index contributed by atoms with van der Waals surface area (Å²) in [5.41, 5.74) is 2.42. The van der Waals surface area contributed by atoms with E-state index in [0.717, 1.165) is 11.1 Å². The molecule has 2 N–H and O–H groups in total. The Labute approximate surface area is 117 Å². The molecule has 0 bridgehead atoms. The molecule has 0 aromatic heterocycles. The van der Waals surface area contributed by atoms with E-state index in [4.69, 9.17) is 5.11 Å². The Morgan fingerprint density at radius 3 is 2.45 bits per heavy atom. The second-order valence-electron chi connectivity index (χ2n) is 4.60. The van der Waals surface area contributed by atoms with Crippen LogP contribution in [0, 0.1) is 13.8 Å². The quantitative estimate of drug-likeness (QED) is 0.820. The molecule has 0 saturated heterocycles. The summed E-state index contributed by atoms with van der Waals surface area (Å²) >= 11 is 0. The van der Waals surface area contributed by atoms with Crippen LogP contribution in [0.25, 0.3) is 0 Å². The first-order chi connectivity index (χ1) is 9.19. The number of aryl methyl sites for hydroxylation is 2. The van der Waals surface area contributed by atoms with Crippen LogP contribution in [0.5, 0.6) is 0 Å². The Hall–Kier alpha value is -1.89. The molecule has 0 radical (unpaired) electrons. The Kier molecular flexibility index (Phi) is 5.26. The van der Waals surface area contributed by atoms with E-state index in [9.17, 15) is 18.0 Å². The molecule has 1 aromatic carbocycles. The van der Waals surface area contributed by atoms with Crippen molar-refractivity contribution in [1.82, 2.24) is 0 Å². The van der Waals surface area contributed by atoms with Crippen molar-refractivity contribution in [1.29, 1.82) is 0 Å². The number of hydrogen-bond acceptors (Lipinski definition) is 4. The second-order valence-corrected chi connectivity index (χ2v) is 6.79.